The maximum Gasteiger partial charge on any atom is 0.224 e. The van der Waals surface area contributed by atoms with Crippen molar-refractivity contribution in [3.05, 3.63) is 12.3 Å². The van der Waals surface area contributed by atoms with Crippen LogP contribution in [-0.4, -0.2) is 18.0 Å². The van der Waals surface area contributed by atoms with Crippen molar-refractivity contribution >= 4 is 18.3 Å². The van der Waals surface area contributed by atoms with Crippen LogP contribution >= 0.6 is 12.4 Å². The summed E-state index contributed by atoms with van der Waals surface area (Å²) in [5, 5.41) is 3.52. The number of hydrogen-bond acceptors (Lipinski definition) is 3. The van der Waals surface area contributed by atoms with E-state index in [9.17, 15) is 4.79 Å². The Morgan fingerprint density at radius 3 is 2.23 bits per heavy atom. The van der Waals surface area contributed by atoms with Crippen LogP contribution in [0.4, 0.5) is 0 Å². The predicted octanol–water partition coefficient (Wildman–Crippen LogP) is 4.23. The summed E-state index contributed by atoms with van der Waals surface area (Å²) in [6.07, 6.45) is 4.93. The van der Waals surface area contributed by atoms with Crippen molar-refractivity contribution in [1.29, 1.82) is 0 Å². The van der Waals surface area contributed by atoms with Gasteiger partial charge in [0.15, 0.2) is 0 Å². The fourth-order valence-electron chi connectivity index (χ4n) is 4.80. The Morgan fingerprint density at radius 2 is 1.81 bits per heavy atom. The molecule has 26 heavy (non-hydrogen) atoms. The monoisotopic (exact) mass is 387 g/mol. The number of nitrogens with one attached hydrogen (secondary N) is 1. The van der Waals surface area contributed by atoms with E-state index in [1.807, 2.05) is 6.92 Å². The fourth-order valence-corrected chi connectivity index (χ4v) is 4.80. The van der Waals surface area contributed by atoms with Gasteiger partial charge in [0.1, 0.15) is 0 Å². The van der Waals surface area contributed by atoms with E-state index in [-0.39, 0.29) is 30.4 Å². The van der Waals surface area contributed by atoms with Crippen LogP contribution in [0.1, 0.15) is 73.6 Å². The first-order chi connectivity index (χ1) is 11.5. The summed E-state index contributed by atoms with van der Waals surface area (Å²) >= 11 is 0. The number of nitrogens with two attached hydrogens (primary N) is 2. The minimum Gasteiger partial charge on any atom is -0.385 e. The topological polar surface area (TPSA) is 81.1 Å². The first kappa shape index (κ1) is 25.3. The highest BCUT2D eigenvalue weighted by molar-refractivity contribution is 5.85. The van der Waals surface area contributed by atoms with Crippen molar-refractivity contribution in [3.63, 3.8) is 0 Å². The second-order valence-corrected chi connectivity index (χ2v) is 9.25. The number of carbonyl (C=O) groups is 1. The van der Waals surface area contributed by atoms with Crippen molar-refractivity contribution in [2.45, 2.75) is 85.7 Å². The Balaban J connectivity index is 0.00000625. The molecule has 3 unspecified atom stereocenters. The predicted molar refractivity (Wildman–Crippen MR) is 114 cm³/mol. The molecule has 0 aliphatic heterocycles. The van der Waals surface area contributed by atoms with Gasteiger partial charge in [-0.2, -0.15) is 0 Å². The largest absolute Gasteiger partial charge is 0.385 e. The number of carbonyl (C=O) groups excluding carboxylic acids is 1. The van der Waals surface area contributed by atoms with Crippen molar-refractivity contribution in [1.82, 2.24) is 5.32 Å². The molecule has 1 saturated carbocycles. The minimum atomic E-state index is -0.434. The molecule has 154 valence electrons. The molecule has 0 spiro atoms. The van der Waals surface area contributed by atoms with Crippen LogP contribution in [0.3, 0.4) is 0 Å². The average molecular weight is 388 g/mol. The van der Waals surface area contributed by atoms with Crippen LogP contribution < -0.4 is 16.8 Å². The lowest BCUT2D eigenvalue weighted by molar-refractivity contribution is -0.137. The molecule has 0 radical (unpaired) electrons. The first-order valence-electron chi connectivity index (χ1n) is 10.00. The Morgan fingerprint density at radius 1 is 1.23 bits per heavy atom. The second-order valence-electron chi connectivity index (χ2n) is 9.25. The van der Waals surface area contributed by atoms with Gasteiger partial charge in [-0.15, -0.1) is 12.4 Å². The first-order valence-corrected chi connectivity index (χ1v) is 10.00. The number of amides is 1. The molecule has 4 nitrogen and oxygen atoms in total. The number of halogens is 1. The standard InChI is InChI=1S/C21H41N3O.ClH/c1-13(2)10-18(24-17(7)16(6)22)12-21(20(23)25)11-15(5)8-9-19(21)14(3)4;/h13-16,18-19,24H,7-12,22H2,1-6H3,(H2,23,25);1H/t15?,16-,18+,19?,21?;/m1./s1. The number of hydrogen-bond donors (Lipinski definition) is 3. The molecular formula is C21H42ClN3O. The molecule has 0 bridgehead atoms. The van der Waals surface area contributed by atoms with Crippen LogP contribution in [0.5, 0.6) is 0 Å². The van der Waals surface area contributed by atoms with Gasteiger partial charge in [0, 0.05) is 17.8 Å². The summed E-state index contributed by atoms with van der Waals surface area (Å²) in [6.45, 7) is 17.1. The molecule has 0 aromatic carbocycles. The molecular weight excluding hydrogens is 346 g/mol. The van der Waals surface area contributed by atoms with E-state index in [0.717, 1.165) is 31.4 Å². The van der Waals surface area contributed by atoms with E-state index >= 15 is 0 Å². The maximum atomic E-state index is 12.7. The Hall–Kier alpha value is -0.740. The van der Waals surface area contributed by atoms with Crippen molar-refractivity contribution in [3.8, 4) is 0 Å². The zero-order chi connectivity index (χ0) is 19.4. The Labute approximate surface area is 167 Å². The molecule has 1 aliphatic rings. The summed E-state index contributed by atoms with van der Waals surface area (Å²) < 4.78 is 0. The molecule has 1 fully saturated rings. The maximum absolute atomic E-state index is 12.7. The molecule has 0 saturated heterocycles. The van der Waals surface area contributed by atoms with Crippen LogP contribution in [0.2, 0.25) is 0 Å². The minimum absolute atomic E-state index is 0. The summed E-state index contributed by atoms with van der Waals surface area (Å²) in [7, 11) is 0. The quantitative estimate of drug-likeness (QED) is 0.553. The van der Waals surface area contributed by atoms with Gasteiger partial charge < -0.3 is 16.8 Å². The summed E-state index contributed by atoms with van der Waals surface area (Å²) in [5.74, 6) is 1.75. The lowest BCUT2D eigenvalue weighted by atomic mass is 9.57. The molecule has 0 heterocycles. The molecule has 1 amide bonds. The molecule has 1 rings (SSSR count). The third kappa shape index (κ3) is 6.45. The lowest BCUT2D eigenvalue weighted by Crippen LogP contribution is -2.52. The lowest BCUT2D eigenvalue weighted by Gasteiger charge is -2.48. The molecule has 5 heteroatoms. The highest BCUT2D eigenvalue weighted by Gasteiger charge is 2.49. The SMILES string of the molecule is C=C(N[C@@H](CC(C)C)CC1(C(N)=O)CC(C)CCC1C(C)C)[C@@H](C)N.Cl. The van der Waals surface area contributed by atoms with E-state index in [1.165, 1.54) is 6.42 Å². The van der Waals surface area contributed by atoms with Crippen LogP contribution in [0, 0.1) is 29.1 Å². The second kappa shape index (κ2) is 10.6. The highest BCUT2D eigenvalue weighted by Crippen LogP contribution is 2.50. The van der Waals surface area contributed by atoms with Crippen molar-refractivity contribution in [2.24, 2.45) is 40.6 Å². The molecule has 1 aliphatic carbocycles. The van der Waals surface area contributed by atoms with E-state index in [1.54, 1.807) is 0 Å². The zero-order valence-electron chi connectivity index (χ0n) is 17.7. The van der Waals surface area contributed by atoms with Gasteiger partial charge in [0.2, 0.25) is 5.91 Å². The smallest absolute Gasteiger partial charge is 0.224 e. The summed E-state index contributed by atoms with van der Waals surface area (Å²) in [4.78, 5) is 12.7. The summed E-state index contributed by atoms with van der Waals surface area (Å²) in [6, 6.07) is 0.0721. The van der Waals surface area contributed by atoms with Gasteiger partial charge in [-0.05, 0) is 56.3 Å². The molecule has 5 N–H and O–H groups in total. The zero-order valence-corrected chi connectivity index (χ0v) is 18.5. The van der Waals surface area contributed by atoms with Crippen LogP contribution in [-0.2, 0) is 4.79 Å². The molecule has 0 aromatic heterocycles. The fraction of sp³-hybridized carbons (Fsp3) is 0.857. The highest BCUT2D eigenvalue weighted by atomic mass is 35.5. The van der Waals surface area contributed by atoms with Gasteiger partial charge in [-0.3, -0.25) is 4.79 Å². The van der Waals surface area contributed by atoms with Crippen LogP contribution in [0.25, 0.3) is 0 Å². The van der Waals surface area contributed by atoms with Gasteiger partial charge in [0.05, 0.1) is 5.41 Å². The van der Waals surface area contributed by atoms with E-state index in [0.29, 0.717) is 23.7 Å². The Kier molecular flexibility index (Phi) is 10.3. The van der Waals surface area contributed by atoms with Crippen molar-refractivity contribution in [2.75, 3.05) is 0 Å². The van der Waals surface area contributed by atoms with Gasteiger partial charge >= 0.3 is 0 Å². The van der Waals surface area contributed by atoms with E-state index in [2.05, 4.69) is 46.5 Å². The van der Waals surface area contributed by atoms with Gasteiger partial charge in [-0.25, -0.2) is 0 Å². The van der Waals surface area contributed by atoms with Gasteiger partial charge in [0.25, 0.3) is 0 Å². The number of primary amides is 1. The molecule has 5 atom stereocenters. The normalized spacial score (nSPS) is 28.3. The van der Waals surface area contributed by atoms with Gasteiger partial charge in [-0.1, -0.05) is 47.6 Å². The third-order valence-electron chi connectivity index (χ3n) is 5.99. The average Bonchev–Trinajstić information content (AvgIpc) is 2.45. The summed E-state index contributed by atoms with van der Waals surface area (Å²) in [5.41, 5.74) is 12.4. The van der Waals surface area contributed by atoms with E-state index < -0.39 is 5.41 Å². The Bertz CT molecular complexity index is 464. The van der Waals surface area contributed by atoms with Crippen LogP contribution in [0.15, 0.2) is 12.3 Å². The molecule has 0 aromatic rings. The van der Waals surface area contributed by atoms with E-state index in [4.69, 9.17) is 11.5 Å². The third-order valence-corrected chi connectivity index (χ3v) is 5.99. The number of rotatable bonds is 9. The van der Waals surface area contributed by atoms with Crippen molar-refractivity contribution < 1.29 is 4.79 Å².